The number of hydrogen-bond donors (Lipinski definition) is 1. The Kier molecular flexibility index (Phi) is 6.52. The number of carbonyl (C=O) groups excluding carboxylic acids is 1. The van der Waals surface area contributed by atoms with Gasteiger partial charge in [-0.15, -0.1) is 11.8 Å². The molecule has 2 aromatic carbocycles. The number of piperidine rings is 1. The second-order valence-electron chi connectivity index (χ2n) is 7.20. The van der Waals surface area contributed by atoms with E-state index in [2.05, 4.69) is 16.4 Å². The summed E-state index contributed by atoms with van der Waals surface area (Å²) in [6.45, 7) is 0.618. The van der Waals surface area contributed by atoms with Crippen molar-refractivity contribution in [1.82, 2.24) is 9.29 Å². The first kappa shape index (κ1) is 22.1. The number of sulfonamides is 1. The molecule has 1 aliphatic heterocycles. The maximum absolute atomic E-state index is 12.9. The number of ether oxygens (including phenoxy) is 1. The van der Waals surface area contributed by atoms with Crippen LogP contribution >= 0.6 is 23.1 Å². The first-order valence-electron chi connectivity index (χ1n) is 9.80. The predicted octanol–water partition coefficient (Wildman–Crippen LogP) is 4.07. The highest BCUT2D eigenvalue weighted by Crippen LogP contribution is 2.31. The van der Waals surface area contributed by atoms with Gasteiger partial charge in [0.1, 0.15) is 5.75 Å². The number of benzene rings is 2. The van der Waals surface area contributed by atoms with E-state index in [1.54, 1.807) is 36.0 Å². The van der Waals surface area contributed by atoms with E-state index in [1.165, 1.54) is 22.8 Å². The summed E-state index contributed by atoms with van der Waals surface area (Å²) >= 11 is 3.11. The molecule has 3 aromatic rings. The van der Waals surface area contributed by atoms with Crippen molar-refractivity contribution in [3.05, 3.63) is 42.5 Å². The fourth-order valence-electron chi connectivity index (χ4n) is 3.55. The Morgan fingerprint density at radius 1 is 1.19 bits per heavy atom. The molecule has 1 fully saturated rings. The van der Waals surface area contributed by atoms with E-state index in [-0.39, 0.29) is 16.7 Å². The Morgan fingerprint density at radius 2 is 1.90 bits per heavy atom. The minimum Gasteiger partial charge on any atom is -0.497 e. The van der Waals surface area contributed by atoms with E-state index in [0.29, 0.717) is 36.8 Å². The summed E-state index contributed by atoms with van der Waals surface area (Å²) in [5.41, 5.74) is 0.860. The van der Waals surface area contributed by atoms with Crippen molar-refractivity contribution in [2.24, 2.45) is 5.92 Å². The molecule has 1 saturated heterocycles. The van der Waals surface area contributed by atoms with Gasteiger partial charge in [-0.2, -0.15) is 4.31 Å². The van der Waals surface area contributed by atoms with Gasteiger partial charge in [-0.05, 0) is 61.6 Å². The molecule has 31 heavy (non-hydrogen) atoms. The van der Waals surface area contributed by atoms with Crippen molar-refractivity contribution in [1.29, 1.82) is 0 Å². The fraction of sp³-hybridized carbons (Fsp3) is 0.333. The average Bonchev–Trinajstić information content (AvgIpc) is 3.20. The zero-order valence-corrected chi connectivity index (χ0v) is 19.6. The number of anilines is 1. The molecular weight excluding hydrogens is 454 g/mol. The minimum atomic E-state index is -3.59. The fourth-order valence-corrected chi connectivity index (χ4v) is 6.44. The Balaban J connectivity index is 1.38. The molecule has 164 valence electrons. The Labute approximate surface area is 189 Å². The first-order valence-corrected chi connectivity index (χ1v) is 13.3. The number of rotatable bonds is 6. The van der Waals surface area contributed by atoms with Crippen LogP contribution in [0.25, 0.3) is 10.2 Å². The van der Waals surface area contributed by atoms with E-state index >= 15 is 0 Å². The molecule has 0 saturated carbocycles. The first-order chi connectivity index (χ1) is 14.9. The molecule has 0 spiro atoms. The van der Waals surface area contributed by atoms with Gasteiger partial charge < -0.3 is 10.1 Å². The van der Waals surface area contributed by atoms with Gasteiger partial charge in [0.25, 0.3) is 0 Å². The van der Waals surface area contributed by atoms with Crippen molar-refractivity contribution in [3.8, 4) is 5.75 Å². The lowest BCUT2D eigenvalue weighted by Crippen LogP contribution is -2.41. The van der Waals surface area contributed by atoms with E-state index < -0.39 is 10.0 Å². The van der Waals surface area contributed by atoms with Crippen molar-refractivity contribution in [3.63, 3.8) is 0 Å². The van der Waals surface area contributed by atoms with Crippen LogP contribution in [-0.4, -0.2) is 50.1 Å². The lowest BCUT2D eigenvalue weighted by molar-refractivity contribution is -0.120. The summed E-state index contributed by atoms with van der Waals surface area (Å²) in [7, 11) is -2.05. The Hall–Kier alpha value is -2.14. The van der Waals surface area contributed by atoms with Crippen LogP contribution in [0, 0.1) is 5.92 Å². The Bertz CT molecular complexity index is 1180. The lowest BCUT2D eigenvalue weighted by atomic mass is 9.97. The van der Waals surface area contributed by atoms with Gasteiger partial charge in [0.2, 0.25) is 15.9 Å². The number of fused-ring (bicyclic) bond motifs is 1. The second-order valence-corrected chi connectivity index (χ2v) is 11.0. The number of amides is 1. The molecule has 0 atom stereocenters. The van der Waals surface area contributed by atoms with Crippen molar-refractivity contribution in [2.75, 3.05) is 31.8 Å². The van der Waals surface area contributed by atoms with Gasteiger partial charge in [-0.1, -0.05) is 11.3 Å². The SMILES string of the molecule is COc1ccc(S(=O)(=O)N2CCC(C(=O)Nc3nc4ccc(SC)cc4s3)CC2)cc1. The molecule has 0 aliphatic carbocycles. The third-order valence-electron chi connectivity index (χ3n) is 5.35. The average molecular weight is 478 g/mol. The number of carbonyl (C=O) groups is 1. The molecule has 1 aromatic heterocycles. The van der Waals surface area contributed by atoms with Gasteiger partial charge in [-0.3, -0.25) is 4.79 Å². The molecule has 0 unspecified atom stereocenters. The van der Waals surface area contributed by atoms with Crippen LogP contribution < -0.4 is 10.1 Å². The van der Waals surface area contributed by atoms with Gasteiger partial charge in [0, 0.05) is 23.9 Å². The standard InChI is InChI=1S/C21H23N3O4S3/c1-28-15-3-6-17(7-4-15)31(26,27)24-11-9-14(10-12-24)20(25)23-21-22-18-8-5-16(29-2)13-19(18)30-21/h3-8,13-14H,9-12H2,1-2H3,(H,22,23,25). The molecule has 2 heterocycles. The third-order valence-corrected chi connectivity index (χ3v) is 8.92. The Morgan fingerprint density at radius 3 is 2.55 bits per heavy atom. The molecular formula is C21H23N3O4S3. The molecule has 0 radical (unpaired) electrons. The summed E-state index contributed by atoms with van der Waals surface area (Å²) in [6.07, 6.45) is 2.97. The summed E-state index contributed by atoms with van der Waals surface area (Å²) in [5, 5.41) is 3.49. The number of methoxy groups -OCH3 is 1. The van der Waals surface area contributed by atoms with Crippen molar-refractivity contribution < 1.29 is 17.9 Å². The summed E-state index contributed by atoms with van der Waals surface area (Å²) in [5.74, 6) is 0.260. The molecule has 10 heteroatoms. The largest absolute Gasteiger partial charge is 0.497 e. The lowest BCUT2D eigenvalue weighted by Gasteiger charge is -2.30. The number of nitrogens with zero attached hydrogens (tertiary/aromatic N) is 2. The highest BCUT2D eigenvalue weighted by atomic mass is 32.2. The van der Waals surface area contributed by atoms with Crippen molar-refractivity contribution in [2.45, 2.75) is 22.6 Å². The monoisotopic (exact) mass is 477 g/mol. The van der Waals surface area contributed by atoms with E-state index in [0.717, 1.165) is 15.1 Å². The van der Waals surface area contributed by atoms with Crippen LogP contribution in [0.3, 0.4) is 0 Å². The molecule has 0 bridgehead atoms. The maximum Gasteiger partial charge on any atom is 0.243 e. The minimum absolute atomic E-state index is 0.106. The van der Waals surface area contributed by atoms with Gasteiger partial charge in [0.05, 0.1) is 22.2 Å². The number of aromatic nitrogens is 1. The summed E-state index contributed by atoms with van der Waals surface area (Å²) in [6, 6.07) is 12.4. The van der Waals surface area contributed by atoms with Crippen LogP contribution in [0.4, 0.5) is 5.13 Å². The summed E-state index contributed by atoms with van der Waals surface area (Å²) < 4.78 is 33.3. The van der Waals surface area contributed by atoms with Crippen LogP contribution in [0.15, 0.2) is 52.3 Å². The predicted molar refractivity (Wildman–Crippen MR) is 125 cm³/mol. The molecule has 1 aliphatic rings. The van der Waals surface area contributed by atoms with Crippen LogP contribution in [0.2, 0.25) is 0 Å². The topological polar surface area (TPSA) is 88.6 Å². The molecule has 7 nitrogen and oxygen atoms in total. The second kappa shape index (κ2) is 9.15. The zero-order chi connectivity index (χ0) is 22.0. The van der Waals surface area contributed by atoms with Crippen molar-refractivity contribution >= 4 is 54.4 Å². The van der Waals surface area contributed by atoms with E-state index in [1.807, 2.05) is 18.4 Å². The molecule has 4 rings (SSSR count). The number of thiazole rings is 1. The number of thioether (sulfide) groups is 1. The van der Waals surface area contributed by atoms with E-state index in [9.17, 15) is 13.2 Å². The smallest absolute Gasteiger partial charge is 0.243 e. The van der Waals surface area contributed by atoms with E-state index in [4.69, 9.17) is 4.74 Å². The van der Waals surface area contributed by atoms with Crippen LogP contribution in [0.5, 0.6) is 5.75 Å². The number of nitrogens with one attached hydrogen (secondary N) is 1. The number of hydrogen-bond acceptors (Lipinski definition) is 7. The van der Waals surface area contributed by atoms with Crippen LogP contribution in [-0.2, 0) is 14.8 Å². The zero-order valence-electron chi connectivity index (χ0n) is 17.2. The highest BCUT2D eigenvalue weighted by molar-refractivity contribution is 7.98. The quantitative estimate of drug-likeness (QED) is 0.539. The van der Waals surface area contributed by atoms with Crippen LogP contribution in [0.1, 0.15) is 12.8 Å². The van der Waals surface area contributed by atoms with Gasteiger partial charge in [-0.25, -0.2) is 13.4 Å². The normalized spacial score (nSPS) is 15.8. The van der Waals surface area contributed by atoms with Gasteiger partial charge in [0.15, 0.2) is 5.13 Å². The maximum atomic E-state index is 12.9. The summed E-state index contributed by atoms with van der Waals surface area (Å²) in [4.78, 5) is 18.6. The third kappa shape index (κ3) is 4.72. The highest BCUT2D eigenvalue weighted by Gasteiger charge is 2.32. The van der Waals surface area contributed by atoms with Gasteiger partial charge >= 0.3 is 0 Å². The molecule has 1 amide bonds. The molecule has 1 N–H and O–H groups in total.